The summed E-state index contributed by atoms with van der Waals surface area (Å²) in [5.41, 5.74) is -1.39. The first kappa shape index (κ1) is 15.1. The van der Waals surface area contributed by atoms with Crippen LogP contribution in [0.4, 0.5) is 0 Å². The number of aromatic nitrogens is 2. The number of hydrogen-bond acceptors (Lipinski definition) is 6. The summed E-state index contributed by atoms with van der Waals surface area (Å²) < 4.78 is 1.87. The van der Waals surface area contributed by atoms with Crippen molar-refractivity contribution < 1.29 is 14.7 Å². The summed E-state index contributed by atoms with van der Waals surface area (Å²) in [5.74, 6) is 0. The lowest BCUT2D eigenvalue weighted by atomic mass is 10.3. The Hall–Kier alpha value is -1.97. The van der Waals surface area contributed by atoms with Crippen LogP contribution in [0.15, 0.2) is 14.1 Å². The normalized spacial score (nSPS) is 10.2. The van der Waals surface area contributed by atoms with Gasteiger partial charge in [-0.05, 0) is 22.4 Å². The lowest BCUT2D eigenvalue weighted by molar-refractivity contribution is -0.757. The largest absolute Gasteiger partial charge is 0.331 e. The van der Waals surface area contributed by atoms with Gasteiger partial charge in [-0.15, -0.1) is 10.1 Å². The van der Waals surface area contributed by atoms with Crippen molar-refractivity contribution in [1.29, 1.82) is 0 Å². The quantitative estimate of drug-likeness (QED) is 0.306. The molecule has 0 aliphatic heterocycles. The lowest BCUT2D eigenvalue weighted by Gasteiger charge is -2.11. The average molecular weight is 336 g/mol. The highest BCUT2D eigenvalue weighted by molar-refractivity contribution is 9.10. The summed E-state index contributed by atoms with van der Waals surface area (Å²) >= 11 is 2.94. The van der Waals surface area contributed by atoms with E-state index >= 15 is 0 Å². The van der Waals surface area contributed by atoms with E-state index in [0.717, 1.165) is 9.13 Å². The van der Waals surface area contributed by atoms with Crippen molar-refractivity contribution in [1.82, 2.24) is 9.13 Å². The molecule has 1 rings (SSSR count). The van der Waals surface area contributed by atoms with Gasteiger partial charge in [0.1, 0.15) is 10.2 Å². The van der Waals surface area contributed by atoms with E-state index in [4.69, 9.17) is 0 Å². The summed E-state index contributed by atoms with van der Waals surface area (Å²) in [6.07, 6.45) is 0.521. The van der Waals surface area contributed by atoms with Crippen LogP contribution in [0.2, 0.25) is 0 Å². The Bertz CT molecular complexity index is 620. The van der Waals surface area contributed by atoms with Crippen LogP contribution in [-0.4, -0.2) is 27.1 Å². The smallest absolute Gasteiger partial charge is 0.314 e. The molecule has 0 aromatic carbocycles. The molecular weight excluding hydrogens is 326 g/mol. The predicted molar refractivity (Wildman–Crippen MR) is 66.6 cm³/mol. The maximum absolute atomic E-state index is 11.8. The molecule has 9 nitrogen and oxygen atoms in total. The molecule has 1 heterocycles. The minimum Gasteiger partial charge on any atom is -0.314 e. The Morgan fingerprint density at radius 3 is 2.63 bits per heavy atom. The predicted octanol–water partition coefficient (Wildman–Crippen LogP) is -0.280. The molecule has 0 saturated carbocycles. The Morgan fingerprint density at radius 1 is 1.47 bits per heavy atom. The molecule has 0 amide bonds. The SMILES string of the molecule is Cn1c(=O)c(Br)c(C=O)n(CCCO[N+](=O)[O-])c1=O. The molecule has 19 heavy (non-hydrogen) atoms. The van der Waals surface area contributed by atoms with Crippen molar-refractivity contribution in [2.45, 2.75) is 13.0 Å². The van der Waals surface area contributed by atoms with Gasteiger partial charge in [0.25, 0.3) is 10.6 Å². The number of rotatable bonds is 6. The van der Waals surface area contributed by atoms with Crippen molar-refractivity contribution in [2.24, 2.45) is 7.05 Å². The average Bonchev–Trinajstić information content (AvgIpc) is 2.37. The Balaban J connectivity index is 3.06. The zero-order chi connectivity index (χ0) is 14.6. The summed E-state index contributed by atoms with van der Waals surface area (Å²) in [7, 11) is 1.27. The first-order valence-electron chi connectivity index (χ1n) is 5.12. The van der Waals surface area contributed by atoms with Gasteiger partial charge in [0, 0.05) is 13.6 Å². The molecule has 0 aliphatic rings. The van der Waals surface area contributed by atoms with Gasteiger partial charge in [-0.3, -0.25) is 18.7 Å². The fourth-order valence-corrected chi connectivity index (χ4v) is 2.01. The third-order valence-electron chi connectivity index (χ3n) is 2.36. The maximum atomic E-state index is 11.8. The maximum Gasteiger partial charge on any atom is 0.331 e. The van der Waals surface area contributed by atoms with Gasteiger partial charge >= 0.3 is 5.69 Å². The van der Waals surface area contributed by atoms with E-state index in [2.05, 4.69) is 20.8 Å². The Morgan fingerprint density at radius 2 is 2.11 bits per heavy atom. The van der Waals surface area contributed by atoms with Crippen LogP contribution in [0, 0.1) is 10.1 Å². The molecule has 0 saturated heterocycles. The van der Waals surface area contributed by atoms with E-state index in [0.29, 0.717) is 6.29 Å². The van der Waals surface area contributed by atoms with Crippen LogP contribution in [-0.2, 0) is 18.4 Å². The van der Waals surface area contributed by atoms with Crippen molar-refractivity contribution in [3.05, 3.63) is 41.1 Å². The van der Waals surface area contributed by atoms with Crippen LogP contribution >= 0.6 is 15.9 Å². The van der Waals surface area contributed by atoms with Crippen molar-refractivity contribution in [2.75, 3.05) is 6.61 Å². The van der Waals surface area contributed by atoms with Crippen LogP contribution in [0.5, 0.6) is 0 Å². The highest BCUT2D eigenvalue weighted by atomic mass is 79.9. The second-order valence-corrected chi connectivity index (χ2v) is 4.32. The molecule has 0 spiro atoms. The molecule has 104 valence electrons. The molecular formula is C9H10BrN3O6. The van der Waals surface area contributed by atoms with E-state index in [1.165, 1.54) is 7.05 Å². The van der Waals surface area contributed by atoms with Crippen molar-refractivity contribution in [3.63, 3.8) is 0 Å². The van der Waals surface area contributed by atoms with Gasteiger partial charge in [-0.1, -0.05) is 0 Å². The van der Waals surface area contributed by atoms with E-state index in [9.17, 15) is 24.5 Å². The topological polar surface area (TPSA) is 113 Å². The molecule has 1 aromatic rings. The number of carbonyl (C=O) groups excluding carboxylic acids is 1. The highest BCUT2D eigenvalue weighted by Crippen LogP contribution is 2.07. The number of halogens is 1. The van der Waals surface area contributed by atoms with Crippen LogP contribution in [0.1, 0.15) is 16.9 Å². The summed E-state index contributed by atoms with van der Waals surface area (Å²) in [6, 6.07) is 0. The number of aldehydes is 1. The van der Waals surface area contributed by atoms with E-state index in [1.54, 1.807) is 0 Å². The third-order valence-corrected chi connectivity index (χ3v) is 3.11. The standard InChI is InChI=1S/C9H10BrN3O6/c1-11-8(15)7(10)6(5-14)12(9(11)16)3-2-4-19-13(17)18/h5H,2-4H2,1H3. The molecule has 0 fully saturated rings. The van der Waals surface area contributed by atoms with E-state index in [-0.39, 0.29) is 29.7 Å². The highest BCUT2D eigenvalue weighted by Gasteiger charge is 2.14. The minimum absolute atomic E-state index is 0.0213. The number of hydrogen-bond donors (Lipinski definition) is 0. The monoisotopic (exact) mass is 335 g/mol. The van der Waals surface area contributed by atoms with Gasteiger partial charge in [0.15, 0.2) is 6.29 Å². The Kier molecular flexibility index (Phi) is 4.98. The summed E-state index contributed by atoms with van der Waals surface area (Å²) in [5, 5.41) is 9.01. The first-order chi connectivity index (χ1) is 8.90. The zero-order valence-corrected chi connectivity index (χ0v) is 11.5. The van der Waals surface area contributed by atoms with Crippen molar-refractivity contribution >= 4 is 22.2 Å². The molecule has 0 atom stereocenters. The molecule has 0 unspecified atom stereocenters. The fraction of sp³-hybridized carbons (Fsp3) is 0.444. The van der Waals surface area contributed by atoms with E-state index < -0.39 is 16.3 Å². The third kappa shape index (κ3) is 3.28. The van der Waals surface area contributed by atoms with Gasteiger partial charge in [-0.25, -0.2) is 4.79 Å². The second-order valence-electron chi connectivity index (χ2n) is 3.53. The molecule has 0 radical (unpaired) electrons. The minimum atomic E-state index is -0.944. The van der Waals surface area contributed by atoms with Gasteiger partial charge in [0.05, 0.1) is 6.61 Å². The molecule has 1 aromatic heterocycles. The molecule has 10 heteroatoms. The summed E-state index contributed by atoms with van der Waals surface area (Å²) in [6.45, 7) is -0.189. The van der Waals surface area contributed by atoms with Gasteiger partial charge in [-0.2, -0.15) is 0 Å². The molecule has 0 N–H and O–H groups in total. The first-order valence-corrected chi connectivity index (χ1v) is 5.91. The fourth-order valence-electron chi connectivity index (χ4n) is 1.44. The zero-order valence-electron chi connectivity index (χ0n) is 9.87. The van der Waals surface area contributed by atoms with Gasteiger partial charge < -0.3 is 4.84 Å². The summed E-state index contributed by atoms with van der Waals surface area (Å²) in [4.78, 5) is 48.4. The van der Waals surface area contributed by atoms with Crippen LogP contribution < -0.4 is 11.2 Å². The van der Waals surface area contributed by atoms with Crippen LogP contribution in [0.25, 0.3) is 0 Å². The van der Waals surface area contributed by atoms with Crippen LogP contribution in [0.3, 0.4) is 0 Å². The number of nitrogens with zero attached hydrogens (tertiary/aromatic N) is 3. The Labute approximate surface area is 114 Å². The second kappa shape index (κ2) is 6.27. The van der Waals surface area contributed by atoms with Gasteiger partial charge in [0.2, 0.25) is 0 Å². The van der Waals surface area contributed by atoms with Crippen molar-refractivity contribution in [3.8, 4) is 0 Å². The molecule has 0 aliphatic carbocycles. The van der Waals surface area contributed by atoms with E-state index in [1.807, 2.05) is 0 Å². The molecule has 0 bridgehead atoms. The lowest BCUT2D eigenvalue weighted by Crippen LogP contribution is -2.40. The number of carbonyl (C=O) groups is 1.